The molecule has 0 aliphatic heterocycles. The number of rotatable bonds is 33. The topological polar surface area (TPSA) is 314 Å². The van der Waals surface area contributed by atoms with Crippen LogP contribution in [0.2, 0.25) is 0 Å². The number of alkyl carbamates (subject to hydrolysis) is 2. The summed E-state index contributed by atoms with van der Waals surface area (Å²) in [6.45, 7) is 14.8. The van der Waals surface area contributed by atoms with E-state index in [0.717, 1.165) is 30.5 Å². The Morgan fingerprint density at radius 2 is 0.920 bits per heavy atom. The first-order valence-electron chi connectivity index (χ1n) is 24.0. The molecule has 0 radical (unpaired) electrons. The maximum atomic E-state index is 12.7. The minimum Gasteiger partial charge on any atom is -0.462 e. The van der Waals surface area contributed by atoms with Crippen molar-refractivity contribution in [3.63, 3.8) is 0 Å². The summed E-state index contributed by atoms with van der Waals surface area (Å²) in [5.41, 5.74) is 12.3. The minimum atomic E-state index is -1.05. The summed E-state index contributed by atoms with van der Waals surface area (Å²) in [5, 5.41) is 7.67. The summed E-state index contributed by atoms with van der Waals surface area (Å²) in [5.74, 6) is -4.29. The number of carbonyl (C=O) groups excluding carboxylic acids is 10. The zero-order valence-corrected chi connectivity index (χ0v) is 42.7. The van der Waals surface area contributed by atoms with Crippen LogP contribution in [0, 0.1) is 0 Å². The van der Waals surface area contributed by atoms with E-state index in [4.69, 9.17) is 39.9 Å². The maximum Gasteiger partial charge on any atom is 0.408 e. The number of nitrogens with two attached hydrogens (primary N) is 2. The predicted molar refractivity (Wildman–Crippen MR) is 282 cm³/mol. The fourth-order valence-corrected chi connectivity index (χ4v) is 5.47. The molecule has 75 heavy (non-hydrogen) atoms. The smallest absolute Gasteiger partial charge is 0.408 e. The molecule has 21 nitrogen and oxygen atoms in total. The third-order valence-electron chi connectivity index (χ3n) is 9.54. The molecule has 21 heteroatoms. The van der Waals surface area contributed by atoms with Gasteiger partial charge in [0.05, 0.1) is 24.9 Å². The Kier molecular flexibility index (Phi) is 43.3. The van der Waals surface area contributed by atoms with Crippen molar-refractivity contribution in [2.45, 2.75) is 145 Å². The van der Waals surface area contributed by atoms with Crippen molar-refractivity contribution in [3.05, 3.63) is 96.1 Å². The van der Waals surface area contributed by atoms with E-state index >= 15 is 0 Å². The average molecular weight is 1060 g/mol. The highest BCUT2D eigenvalue weighted by Crippen LogP contribution is 2.09. The number of hydrogen-bond donors (Lipinski definition) is 5. The van der Waals surface area contributed by atoms with E-state index in [9.17, 15) is 47.9 Å². The second-order valence-electron chi connectivity index (χ2n) is 16.1. The van der Waals surface area contributed by atoms with Gasteiger partial charge in [-0.05, 0) is 57.2 Å². The molecule has 0 aromatic heterocycles. The zero-order valence-electron chi connectivity index (χ0n) is 42.7. The molecule has 0 fully saturated rings. The van der Waals surface area contributed by atoms with Crippen LogP contribution in [0.4, 0.5) is 9.59 Å². The molecule has 4 amide bonds. The van der Waals surface area contributed by atoms with Crippen molar-refractivity contribution >= 4 is 59.4 Å². The molecular weight excluding hydrogens is 975 g/mol. The number of nitrogens with one attached hydrogen (secondary N) is 3. The summed E-state index contributed by atoms with van der Waals surface area (Å²) in [7, 11) is 0. The van der Waals surface area contributed by atoms with E-state index in [-0.39, 0.29) is 123 Å². The molecule has 2 atom stereocenters. The number of primary amides is 1. The first-order chi connectivity index (χ1) is 34.8. The molecule has 0 aliphatic carbocycles. The van der Waals surface area contributed by atoms with Gasteiger partial charge in [-0.25, -0.2) is 19.2 Å². The van der Waals surface area contributed by atoms with E-state index in [1.165, 1.54) is 26.7 Å². The third-order valence-corrected chi connectivity index (χ3v) is 9.54. The Hall–Kier alpha value is -7.42. The zero-order chi connectivity index (χ0) is 54.8. The Bertz CT molecular complexity index is 2050. The molecule has 2 aromatic carbocycles. The summed E-state index contributed by atoms with van der Waals surface area (Å²) in [6, 6.07) is 15.9. The standard InChI is InChI=1S/C26H36N2O8.C22H28N2O8.C4H11N.2CH4/c1-4-5-15-27-23(30)13-11-21(28-26(33)36-18-20-9-7-6-8-10-20)22(29)12-14-24(31)34-16-17-35-25(32)19(2)3;1-15(2)21(28)31-13-12-30-20(27)11-9-18(25)17(8-10-19(23)26)24-22(29)32-14-16-6-4-3-5-7-16;1-2-3-4-5;;/h6-10,21H,2,4-5,11-18H2,1,3H3,(H,27,30)(H,28,33);3-7,17H,1,8-14H2,2H3,(H2,23,26)(H,24,29);2-5H2,1H3;2*1H4/t21-;17-;;;/m00.../s1. The van der Waals surface area contributed by atoms with Gasteiger partial charge < -0.3 is 55.8 Å². The van der Waals surface area contributed by atoms with Crippen LogP contribution in [0.3, 0.4) is 0 Å². The van der Waals surface area contributed by atoms with Crippen LogP contribution < -0.4 is 27.4 Å². The van der Waals surface area contributed by atoms with Crippen LogP contribution in [0.5, 0.6) is 0 Å². The largest absolute Gasteiger partial charge is 0.462 e. The van der Waals surface area contributed by atoms with Crippen molar-refractivity contribution in [1.82, 2.24) is 16.0 Å². The maximum absolute atomic E-state index is 12.7. The van der Waals surface area contributed by atoms with Gasteiger partial charge in [-0.3, -0.25) is 28.8 Å². The lowest BCUT2D eigenvalue weighted by Gasteiger charge is -2.17. The van der Waals surface area contributed by atoms with E-state index < -0.39 is 65.6 Å². The fourth-order valence-electron chi connectivity index (χ4n) is 5.47. The van der Waals surface area contributed by atoms with Crippen molar-refractivity contribution < 1.29 is 76.4 Å². The average Bonchev–Trinajstić information content (AvgIpc) is 3.37. The highest BCUT2D eigenvalue weighted by molar-refractivity contribution is 5.91. The normalized spacial score (nSPS) is 10.6. The highest BCUT2D eigenvalue weighted by atomic mass is 16.6. The number of ketones is 2. The summed E-state index contributed by atoms with van der Waals surface area (Å²) in [4.78, 5) is 119. The van der Waals surface area contributed by atoms with E-state index in [1.54, 1.807) is 36.4 Å². The minimum absolute atomic E-state index is 0. The summed E-state index contributed by atoms with van der Waals surface area (Å²) >= 11 is 0. The van der Waals surface area contributed by atoms with Crippen molar-refractivity contribution in [1.29, 1.82) is 0 Å². The van der Waals surface area contributed by atoms with Gasteiger partial charge in [-0.2, -0.15) is 0 Å². The molecule has 0 unspecified atom stereocenters. The van der Waals surface area contributed by atoms with Crippen LogP contribution in [0.1, 0.15) is 131 Å². The molecule has 0 spiro atoms. The van der Waals surface area contributed by atoms with E-state index in [2.05, 4.69) is 36.0 Å². The Balaban J connectivity index is -0.00000124. The van der Waals surface area contributed by atoms with Crippen LogP contribution in [-0.2, 0) is 80.0 Å². The van der Waals surface area contributed by atoms with Gasteiger partial charge in [0.15, 0.2) is 11.6 Å². The van der Waals surface area contributed by atoms with Gasteiger partial charge in [-0.1, -0.05) is 115 Å². The number of unbranched alkanes of at least 4 members (excludes halogenated alkanes) is 2. The molecule has 0 aliphatic rings. The van der Waals surface area contributed by atoms with Crippen LogP contribution >= 0.6 is 0 Å². The van der Waals surface area contributed by atoms with Gasteiger partial charge >= 0.3 is 36.1 Å². The molecule has 2 aromatic rings. The van der Waals surface area contributed by atoms with Gasteiger partial charge in [0.1, 0.15) is 39.6 Å². The molecule has 0 saturated heterocycles. The lowest BCUT2D eigenvalue weighted by Crippen LogP contribution is -2.42. The third kappa shape index (κ3) is 39.7. The monoisotopic (exact) mass is 1060 g/mol. The van der Waals surface area contributed by atoms with E-state index in [1.807, 2.05) is 31.2 Å². The first-order valence-corrected chi connectivity index (χ1v) is 24.0. The van der Waals surface area contributed by atoms with Crippen LogP contribution in [0.15, 0.2) is 85.0 Å². The molecule has 2 rings (SSSR count). The lowest BCUT2D eigenvalue weighted by atomic mass is 10.0. The second kappa shape index (κ2) is 45.2. The SMILES string of the molecule is C.C.C=C(C)C(=O)OCCOC(=O)CCC(=O)[C@H](CCC(=O)NCCCC)NC(=O)OCc1ccccc1.C=C(C)C(=O)OCCOC(=O)CCC(=O)[C@H](CCC(N)=O)NC(=O)OCc1ccccc1.CCCCN. The highest BCUT2D eigenvalue weighted by Gasteiger charge is 2.25. The lowest BCUT2D eigenvalue weighted by molar-refractivity contribution is -0.150. The quantitative estimate of drug-likeness (QED) is 0.0218. The summed E-state index contributed by atoms with van der Waals surface area (Å²) in [6.07, 6.45) is 1.54. The van der Waals surface area contributed by atoms with Gasteiger partial charge in [-0.15, -0.1) is 0 Å². The Morgan fingerprint density at radius 3 is 1.27 bits per heavy atom. The molecular formula is C54H83N5O16. The van der Waals surface area contributed by atoms with Crippen molar-refractivity contribution in [3.8, 4) is 0 Å². The molecule has 420 valence electrons. The van der Waals surface area contributed by atoms with Crippen molar-refractivity contribution in [2.24, 2.45) is 11.5 Å². The van der Waals surface area contributed by atoms with Gasteiger partial charge in [0.25, 0.3) is 0 Å². The van der Waals surface area contributed by atoms with E-state index in [0.29, 0.717) is 6.54 Å². The van der Waals surface area contributed by atoms with Crippen LogP contribution in [-0.4, -0.2) is 111 Å². The fraction of sp³-hybridized carbons (Fsp3) is 0.519. The number of benzene rings is 2. The predicted octanol–water partition coefficient (Wildman–Crippen LogP) is 6.57. The number of amides is 4. The Labute approximate surface area is 442 Å². The van der Waals surface area contributed by atoms with Crippen LogP contribution in [0.25, 0.3) is 0 Å². The summed E-state index contributed by atoms with van der Waals surface area (Å²) < 4.78 is 29.7. The number of hydrogen-bond acceptors (Lipinski definition) is 17. The number of Topliss-reactive ketones (excluding diaryl/α,β-unsaturated/α-hetero) is 2. The Morgan fingerprint density at radius 1 is 0.533 bits per heavy atom. The molecule has 0 bridgehead atoms. The molecule has 7 N–H and O–H groups in total. The number of esters is 4. The van der Waals surface area contributed by atoms with Crippen molar-refractivity contribution in [2.75, 3.05) is 39.5 Å². The molecule has 0 heterocycles. The second-order valence-corrected chi connectivity index (χ2v) is 16.1. The number of carbonyl (C=O) groups is 10. The van der Waals surface area contributed by atoms with Gasteiger partial charge in [0, 0.05) is 43.4 Å². The van der Waals surface area contributed by atoms with Gasteiger partial charge in [0.2, 0.25) is 11.8 Å². The number of ether oxygens (including phenoxy) is 6. The molecule has 0 saturated carbocycles. The first kappa shape index (κ1) is 71.8.